The largest absolute Gasteiger partial charge is 0.352 e. The van der Waals surface area contributed by atoms with Crippen LogP contribution >= 0.6 is 31.9 Å². The van der Waals surface area contributed by atoms with Crippen LogP contribution in [0.4, 0.5) is 5.69 Å². The van der Waals surface area contributed by atoms with Gasteiger partial charge in [-0.15, -0.1) is 0 Å². The number of rotatable bonds is 11. The molecule has 202 valence electrons. The van der Waals surface area contributed by atoms with Gasteiger partial charge in [-0.3, -0.25) is 13.9 Å². The number of nitrogens with zero attached hydrogens (tertiary/aromatic N) is 2. The van der Waals surface area contributed by atoms with Crippen molar-refractivity contribution in [2.45, 2.75) is 38.9 Å². The van der Waals surface area contributed by atoms with E-state index in [1.165, 1.54) is 4.90 Å². The second-order valence-electron chi connectivity index (χ2n) is 9.26. The second kappa shape index (κ2) is 13.4. The van der Waals surface area contributed by atoms with Gasteiger partial charge in [-0.1, -0.05) is 74.3 Å². The van der Waals surface area contributed by atoms with Gasteiger partial charge >= 0.3 is 0 Å². The van der Waals surface area contributed by atoms with Gasteiger partial charge in [-0.25, -0.2) is 8.42 Å². The number of nitrogens with one attached hydrogen (secondary N) is 1. The molecule has 7 nitrogen and oxygen atoms in total. The van der Waals surface area contributed by atoms with E-state index in [0.717, 1.165) is 30.6 Å². The van der Waals surface area contributed by atoms with Crippen molar-refractivity contribution in [3.63, 3.8) is 0 Å². The molecule has 0 heterocycles. The number of benzene rings is 3. The number of carbonyl (C=O) groups is 2. The van der Waals surface area contributed by atoms with Crippen LogP contribution in [0.5, 0.6) is 0 Å². The lowest BCUT2D eigenvalue weighted by Crippen LogP contribution is -2.54. The molecule has 1 N–H and O–H groups in total. The van der Waals surface area contributed by atoms with E-state index in [1.54, 1.807) is 24.3 Å². The Balaban J connectivity index is 2.04. The Morgan fingerprint density at radius 2 is 1.39 bits per heavy atom. The molecule has 0 aliphatic heterocycles. The first-order valence-electron chi connectivity index (χ1n) is 12.1. The molecule has 38 heavy (non-hydrogen) atoms. The normalized spacial score (nSPS) is 12.2. The van der Waals surface area contributed by atoms with Gasteiger partial charge in [-0.2, -0.15) is 0 Å². The molecule has 0 fully saturated rings. The molecule has 0 saturated heterocycles. The van der Waals surface area contributed by atoms with Crippen molar-refractivity contribution in [3.05, 3.63) is 98.9 Å². The SMILES string of the molecule is CC(C)NC(=O)C(Cc1ccccc1)N(Cc1ccc(Br)cc1)C(=O)CN(c1ccc(Br)cc1)S(C)(=O)=O. The Labute approximate surface area is 241 Å². The molecular formula is C28H31Br2N3O4S. The number of sulfonamides is 1. The van der Waals surface area contributed by atoms with E-state index in [-0.39, 0.29) is 24.9 Å². The average molecular weight is 665 g/mol. The highest BCUT2D eigenvalue weighted by Gasteiger charge is 2.33. The van der Waals surface area contributed by atoms with Gasteiger partial charge < -0.3 is 10.2 Å². The number of hydrogen-bond acceptors (Lipinski definition) is 4. The minimum atomic E-state index is -3.80. The topological polar surface area (TPSA) is 86.8 Å². The highest BCUT2D eigenvalue weighted by Crippen LogP contribution is 2.23. The van der Waals surface area contributed by atoms with Crippen molar-refractivity contribution < 1.29 is 18.0 Å². The van der Waals surface area contributed by atoms with Crippen LogP contribution in [-0.2, 0) is 32.6 Å². The smallest absolute Gasteiger partial charge is 0.244 e. The summed E-state index contributed by atoms with van der Waals surface area (Å²) < 4.78 is 28.3. The van der Waals surface area contributed by atoms with Gasteiger partial charge in [0.05, 0.1) is 11.9 Å². The predicted octanol–water partition coefficient (Wildman–Crippen LogP) is 5.14. The van der Waals surface area contributed by atoms with Crippen molar-refractivity contribution in [1.82, 2.24) is 10.2 Å². The van der Waals surface area contributed by atoms with Gasteiger partial charge in [0.25, 0.3) is 0 Å². The standard InChI is InChI=1S/C28H31Br2N3O4S/c1-20(2)31-28(35)26(17-21-7-5-4-6-8-21)32(18-22-9-11-23(29)12-10-22)27(34)19-33(38(3,36)37)25-15-13-24(30)14-16-25/h4-16,20,26H,17-19H2,1-3H3,(H,31,35). The summed E-state index contributed by atoms with van der Waals surface area (Å²) in [6, 6.07) is 22.6. The van der Waals surface area contributed by atoms with Crippen LogP contribution < -0.4 is 9.62 Å². The number of halogens is 2. The van der Waals surface area contributed by atoms with Crippen molar-refractivity contribution in [2.75, 3.05) is 17.1 Å². The fraction of sp³-hybridized carbons (Fsp3) is 0.286. The lowest BCUT2D eigenvalue weighted by atomic mass is 10.0. The van der Waals surface area contributed by atoms with Crippen LogP contribution in [0.1, 0.15) is 25.0 Å². The zero-order valence-corrected chi connectivity index (χ0v) is 25.5. The molecule has 0 saturated carbocycles. The Morgan fingerprint density at radius 3 is 1.92 bits per heavy atom. The van der Waals surface area contributed by atoms with Crippen molar-refractivity contribution in [1.29, 1.82) is 0 Å². The summed E-state index contributed by atoms with van der Waals surface area (Å²) >= 11 is 6.78. The third kappa shape index (κ3) is 8.68. The molecule has 1 atom stereocenters. The molecule has 2 amide bonds. The zero-order chi connectivity index (χ0) is 27.9. The quantitative estimate of drug-likeness (QED) is 0.308. The molecule has 10 heteroatoms. The van der Waals surface area contributed by atoms with Crippen molar-refractivity contribution in [2.24, 2.45) is 0 Å². The maximum atomic E-state index is 14.0. The third-order valence-corrected chi connectivity index (χ3v) is 7.96. The molecule has 0 aliphatic carbocycles. The van der Waals surface area contributed by atoms with Crippen LogP contribution in [0.3, 0.4) is 0 Å². The molecule has 0 aliphatic rings. The first-order chi connectivity index (χ1) is 17.9. The van der Waals surface area contributed by atoms with E-state index in [2.05, 4.69) is 37.2 Å². The summed E-state index contributed by atoms with van der Waals surface area (Å²) in [5.74, 6) is -0.787. The molecule has 3 aromatic rings. The van der Waals surface area contributed by atoms with E-state index >= 15 is 0 Å². The molecule has 3 rings (SSSR count). The summed E-state index contributed by atoms with van der Waals surface area (Å²) in [5, 5.41) is 2.94. The molecule has 0 spiro atoms. The summed E-state index contributed by atoms with van der Waals surface area (Å²) in [6.07, 6.45) is 1.34. The lowest BCUT2D eigenvalue weighted by molar-refractivity contribution is -0.140. The molecule has 0 aromatic heterocycles. The lowest BCUT2D eigenvalue weighted by Gasteiger charge is -2.34. The average Bonchev–Trinajstić information content (AvgIpc) is 2.86. The van der Waals surface area contributed by atoms with Crippen molar-refractivity contribution >= 4 is 59.4 Å². The number of hydrogen-bond donors (Lipinski definition) is 1. The predicted molar refractivity (Wildman–Crippen MR) is 158 cm³/mol. The van der Waals surface area contributed by atoms with E-state index < -0.39 is 28.5 Å². The van der Waals surface area contributed by atoms with Crippen LogP contribution in [-0.4, -0.2) is 50.0 Å². The Morgan fingerprint density at radius 1 is 0.842 bits per heavy atom. The number of anilines is 1. The monoisotopic (exact) mass is 663 g/mol. The van der Waals surface area contributed by atoms with Crippen molar-refractivity contribution in [3.8, 4) is 0 Å². The van der Waals surface area contributed by atoms with Crippen LogP contribution in [0.2, 0.25) is 0 Å². The first-order valence-corrected chi connectivity index (χ1v) is 15.5. The minimum Gasteiger partial charge on any atom is -0.352 e. The fourth-order valence-corrected chi connectivity index (χ4v) is 5.32. The maximum Gasteiger partial charge on any atom is 0.244 e. The van der Waals surface area contributed by atoms with Gasteiger partial charge in [0.15, 0.2) is 0 Å². The fourth-order valence-electron chi connectivity index (χ4n) is 3.94. The van der Waals surface area contributed by atoms with Crippen LogP contribution in [0, 0.1) is 0 Å². The summed E-state index contributed by atoms with van der Waals surface area (Å²) in [7, 11) is -3.80. The molecule has 1 unspecified atom stereocenters. The first kappa shape index (κ1) is 29.9. The van der Waals surface area contributed by atoms with E-state index in [4.69, 9.17) is 0 Å². The maximum absolute atomic E-state index is 14.0. The number of carbonyl (C=O) groups excluding carboxylic acids is 2. The number of amides is 2. The highest BCUT2D eigenvalue weighted by molar-refractivity contribution is 9.10. The van der Waals surface area contributed by atoms with Gasteiger partial charge in [0.1, 0.15) is 12.6 Å². The van der Waals surface area contributed by atoms with Gasteiger partial charge in [0, 0.05) is 28.0 Å². The Hall–Kier alpha value is -2.69. The Bertz CT molecular complexity index is 1330. The second-order valence-corrected chi connectivity index (χ2v) is 13.0. The summed E-state index contributed by atoms with van der Waals surface area (Å²) in [5.41, 5.74) is 2.06. The van der Waals surface area contributed by atoms with E-state index in [9.17, 15) is 18.0 Å². The Kier molecular flexibility index (Phi) is 10.5. The van der Waals surface area contributed by atoms with Gasteiger partial charge in [0.2, 0.25) is 21.8 Å². The summed E-state index contributed by atoms with van der Waals surface area (Å²) in [4.78, 5) is 28.9. The molecular weight excluding hydrogens is 634 g/mol. The molecule has 3 aromatic carbocycles. The van der Waals surface area contributed by atoms with E-state index in [0.29, 0.717) is 5.69 Å². The minimum absolute atomic E-state index is 0.132. The molecule has 0 radical (unpaired) electrons. The zero-order valence-electron chi connectivity index (χ0n) is 21.5. The third-order valence-electron chi connectivity index (χ3n) is 5.76. The molecule has 0 bridgehead atoms. The summed E-state index contributed by atoms with van der Waals surface area (Å²) in [6.45, 7) is 3.40. The highest BCUT2D eigenvalue weighted by atomic mass is 79.9. The van der Waals surface area contributed by atoms with Crippen LogP contribution in [0.15, 0.2) is 87.8 Å². The van der Waals surface area contributed by atoms with Gasteiger partial charge in [-0.05, 0) is 61.4 Å². The van der Waals surface area contributed by atoms with Crippen LogP contribution in [0.25, 0.3) is 0 Å². The van der Waals surface area contributed by atoms with E-state index in [1.807, 2.05) is 68.4 Å².